The lowest BCUT2D eigenvalue weighted by molar-refractivity contribution is -0.00000567. The lowest BCUT2D eigenvalue weighted by atomic mass is 10.3. The highest BCUT2D eigenvalue weighted by atomic mass is 19.4. The first-order chi connectivity index (χ1) is 6.59. The molecule has 0 aromatic carbocycles. The van der Waals surface area contributed by atoms with Gasteiger partial charge in [-0.2, -0.15) is 0 Å². The Labute approximate surface area is 85.9 Å². The Balaban J connectivity index is 0.000000346. The fraction of sp³-hybridized carbons (Fsp3) is 0.250. The fourth-order valence-corrected chi connectivity index (χ4v) is 1.24. The third-order valence-electron chi connectivity index (χ3n) is 1.70. The molecule has 0 aromatic heterocycles. The van der Waals surface area contributed by atoms with Gasteiger partial charge < -0.3 is 14.5 Å². The molecule has 84 valence electrons. The van der Waals surface area contributed by atoms with Crippen LogP contribution in [0.3, 0.4) is 0 Å². The van der Waals surface area contributed by atoms with Gasteiger partial charge in [0.25, 0.3) is 0 Å². The molecule has 0 aromatic rings. The van der Waals surface area contributed by atoms with Crippen LogP contribution < -0.4 is 4.70 Å². The molecule has 2 aliphatic heterocycles. The average Bonchev–Trinajstić information content (AvgIpc) is 2.42. The zero-order valence-corrected chi connectivity index (χ0v) is 8.08. The Morgan fingerprint density at radius 3 is 2.40 bits per heavy atom. The Morgan fingerprint density at radius 2 is 1.87 bits per heavy atom. The van der Waals surface area contributed by atoms with E-state index in [1.807, 2.05) is 0 Å². The molecule has 0 unspecified atom stereocenters. The molecule has 0 radical (unpaired) electrons. The minimum absolute atomic E-state index is 0. The smallest absolute Gasteiger partial charge is 0.762 e. The first kappa shape index (κ1) is 13.6. The van der Waals surface area contributed by atoms with Gasteiger partial charge in [0.05, 0.1) is 12.4 Å². The lowest BCUT2D eigenvalue weighted by Crippen LogP contribution is -3.00. The van der Waals surface area contributed by atoms with Crippen molar-refractivity contribution < 1.29 is 17.7 Å². The number of fused-ring (bicyclic) bond motifs is 1. The lowest BCUT2D eigenvalue weighted by Gasteiger charge is -2.17. The third-order valence-corrected chi connectivity index (χ3v) is 1.70. The van der Waals surface area contributed by atoms with E-state index in [9.17, 15) is 12.9 Å². The second-order valence-electron chi connectivity index (χ2n) is 2.87. The normalized spacial score (nSPS) is 16.1. The summed E-state index contributed by atoms with van der Waals surface area (Å²) in [4.78, 5) is 4.37. The molecule has 2 aliphatic rings. The Bertz CT molecular complexity index is 275. The van der Waals surface area contributed by atoms with Crippen LogP contribution in [0, 0.1) is 0 Å². The van der Waals surface area contributed by atoms with E-state index in [1.165, 1.54) is 5.70 Å². The Hall–Kier alpha value is -1.40. The molecule has 2 nitrogen and oxygen atoms in total. The van der Waals surface area contributed by atoms with Crippen LogP contribution >= 0.6 is 0 Å². The van der Waals surface area contributed by atoms with E-state index in [1.54, 1.807) is 0 Å². The van der Waals surface area contributed by atoms with Crippen molar-refractivity contribution in [2.24, 2.45) is 0 Å². The molecule has 0 bridgehead atoms. The van der Waals surface area contributed by atoms with Gasteiger partial charge in [-0.25, -0.2) is 0 Å². The van der Waals surface area contributed by atoms with Gasteiger partial charge in [0, 0.05) is 19.4 Å². The van der Waals surface area contributed by atoms with Crippen LogP contribution in [0.5, 0.6) is 0 Å². The van der Waals surface area contributed by atoms with Gasteiger partial charge in [-0.05, 0) is 12.2 Å². The van der Waals surface area contributed by atoms with Crippen molar-refractivity contribution in [2.75, 3.05) is 13.7 Å². The topological polar surface area (TPSA) is 6.48 Å². The number of rotatable bonds is 0. The quantitative estimate of drug-likeness (QED) is 0.382. The summed E-state index contributed by atoms with van der Waals surface area (Å²) in [7, 11) is -1.59. The SMILES string of the molecule is CN1C=C2C=CC=CN2C1.FB(F)F.[F-]. The standard InChI is InChI=1S/C8H10N2.BF3.FH/c1-9-6-8-4-2-3-5-10(8)7-9;2-1(3)4;/h2-6H,7H2,1H3;;1H/p-1. The van der Waals surface area contributed by atoms with E-state index in [0.29, 0.717) is 0 Å². The molecular weight excluding hydrogens is 211 g/mol. The van der Waals surface area contributed by atoms with Crippen LogP contribution in [0.1, 0.15) is 0 Å². The van der Waals surface area contributed by atoms with E-state index in [-0.39, 0.29) is 4.70 Å². The summed E-state index contributed by atoms with van der Waals surface area (Å²) in [6.45, 7) is 0.982. The van der Waals surface area contributed by atoms with Crippen LogP contribution in [0.25, 0.3) is 0 Å². The summed E-state index contributed by atoms with van der Waals surface area (Å²) >= 11 is 0. The summed E-state index contributed by atoms with van der Waals surface area (Å²) in [5, 5.41) is 0. The molecule has 0 fully saturated rings. The summed E-state index contributed by atoms with van der Waals surface area (Å²) in [5.74, 6) is 0. The highest BCUT2D eigenvalue weighted by Gasteiger charge is 2.14. The third kappa shape index (κ3) is 4.57. The van der Waals surface area contributed by atoms with Crippen molar-refractivity contribution in [3.63, 3.8) is 0 Å². The van der Waals surface area contributed by atoms with E-state index in [0.717, 1.165) is 6.67 Å². The van der Waals surface area contributed by atoms with Crippen LogP contribution in [-0.2, 0) is 0 Å². The van der Waals surface area contributed by atoms with Crippen molar-refractivity contribution >= 4 is 7.54 Å². The van der Waals surface area contributed by atoms with Gasteiger partial charge in [-0.15, -0.1) is 0 Å². The number of nitrogens with zero attached hydrogens (tertiary/aromatic N) is 2. The maximum atomic E-state index is 9.67. The van der Waals surface area contributed by atoms with E-state index >= 15 is 0 Å². The predicted molar refractivity (Wildman–Crippen MR) is 49.9 cm³/mol. The maximum Gasteiger partial charge on any atom is 0.762 e. The molecule has 15 heavy (non-hydrogen) atoms. The van der Waals surface area contributed by atoms with E-state index in [4.69, 9.17) is 0 Å². The summed E-state index contributed by atoms with van der Waals surface area (Å²) in [5.41, 5.74) is 1.28. The first-order valence-electron chi connectivity index (χ1n) is 4.05. The zero-order chi connectivity index (χ0) is 10.6. The van der Waals surface area contributed by atoms with Crippen molar-refractivity contribution in [2.45, 2.75) is 0 Å². The largest absolute Gasteiger partial charge is 1.00 e. The Kier molecular flexibility index (Phi) is 5.58. The molecule has 7 heteroatoms. The maximum absolute atomic E-state index is 9.67. The molecule has 2 heterocycles. The first-order valence-corrected chi connectivity index (χ1v) is 4.05. The fourth-order valence-electron chi connectivity index (χ4n) is 1.24. The van der Waals surface area contributed by atoms with Crippen LogP contribution in [0.4, 0.5) is 12.9 Å². The van der Waals surface area contributed by atoms with Gasteiger partial charge in [0.2, 0.25) is 0 Å². The molecule has 0 saturated carbocycles. The van der Waals surface area contributed by atoms with E-state index < -0.39 is 7.54 Å². The van der Waals surface area contributed by atoms with Crippen LogP contribution in [-0.4, -0.2) is 31.1 Å². The van der Waals surface area contributed by atoms with Crippen LogP contribution in [0.15, 0.2) is 36.3 Å². The molecule has 0 saturated heterocycles. The second kappa shape index (κ2) is 6.16. The second-order valence-corrected chi connectivity index (χ2v) is 2.87. The molecular formula is C8H10BF4N2-. The summed E-state index contributed by atoms with van der Waals surface area (Å²) in [6, 6.07) is 0. The van der Waals surface area contributed by atoms with Crippen molar-refractivity contribution in [1.29, 1.82) is 0 Å². The van der Waals surface area contributed by atoms with Gasteiger partial charge >= 0.3 is 7.54 Å². The monoisotopic (exact) mass is 221 g/mol. The van der Waals surface area contributed by atoms with Gasteiger partial charge in [0.1, 0.15) is 0 Å². The summed E-state index contributed by atoms with van der Waals surface area (Å²) in [6.07, 6.45) is 10.5. The highest BCUT2D eigenvalue weighted by molar-refractivity contribution is 6.33. The Morgan fingerprint density at radius 1 is 1.27 bits per heavy atom. The van der Waals surface area contributed by atoms with Gasteiger partial charge in [-0.3, -0.25) is 12.9 Å². The minimum atomic E-state index is -3.67. The molecule has 0 atom stereocenters. The number of halogens is 4. The minimum Gasteiger partial charge on any atom is -1.00 e. The van der Waals surface area contributed by atoms with Gasteiger partial charge in [0.15, 0.2) is 0 Å². The highest BCUT2D eigenvalue weighted by Crippen LogP contribution is 2.18. The van der Waals surface area contributed by atoms with Crippen LogP contribution in [0.2, 0.25) is 0 Å². The number of hydrogen-bond acceptors (Lipinski definition) is 2. The van der Waals surface area contributed by atoms with Crippen molar-refractivity contribution in [3.05, 3.63) is 36.3 Å². The molecule has 0 amide bonds. The van der Waals surface area contributed by atoms with Crippen molar-refractivity contribution in [1.82, 2.24) is 9.80 Å². The zero-order valence-electron chi connectivity index (χ0n) is 8.08. The molecule has 2 rings (SSSR count). The van der Waals surface area contributed by atoms with E-state index in [2.05, 4.69) is 47.5 Å². The number of allylic oxidation sites excluding steroid dienone is 3. The van der Waals surface area contributed by atoms with Gasteiger partial charge in [-0.1, -0.05) is 6.08 Å². The predicted octanol–water partition coefficient (Wildman–Crippen LogP) is -1.00. The van der Waals surface area contributed by atoms with Crippen molar-refractivity contribution in [3.8, 4) is 0 Å². The molecule has 0 spiro atoms. The average molecular weight is 221 g/mol. The molecule has 0 N–H and O–H groups in total. The number of hydrogen-bond donors (Lipinski definition) is 0. The summed E-state index contributed by atoms with van der Waals surface area (Å²) < 4.78 is 29.0. The molecule has 0 aliphatic carbocycles.